The third-order valence-corrected chi connectivity index (χ3v) is 6.91. The van der Waals surface area contributed by atoms with Gasteiger partial charge in [-0.1, -0.05) is 24.3 Å². The lowest BCUT2D eigenvalue weighted by Gasteiger charge is -2.40. The molecule has 1 aromatic heterocycles. The Labute approximate surface area is 180 Å². The largest absolute Gasteiger partial charge is 0.465 e. The van der Waals surface area contributed by atoms with Gasteiger partial charge >= 0.3 is 0 Å². The topological polar surface area (TPSA) is 48.7 Å². The Morgan fingerprint density at radius 2 is 1.97 bits per heavy atom. The minimum atomic E-state index is 0.180. The summed E-state index contributed by atoms with van der Waals surface area (Å²) in [4.78, 5) is 17.2. The molecular weight excluding hydrogens is 374 g/mol. The number of carbonyl (C=O) groups excluding carboxylic acids is 1. The summed E-state index contributed by atoms with van der Waals surface area (Å²) in [6, 6.07) is 13.0. The molecule has 5 heteroatoms. The Bertz CT molecular complexity index is 865. The van der Waals surface area contributed by atoms with E-state index in [-0.39, 0.29) is 11.3 Å². The van der Waals surface area contributed by atoms with Crippen molar-refractivity contribution in [2.45, 2.75) is 50.5 Å². The fourth-order valence-electron chi connectivity index (χ4n) is 5.33. The van der Waals surface area contributed by atoms with Crippen molar-refractivity contribution < 1.29 is 9.21 Å². The van der Waals surface area contributed by atoms with Crippen molar-refractivity contribution in [1.29, 1.82) is 0 Å². The number of likely N-dealkylation sites (tertiary alicyclic amines) is 1. The highest BCUT2D eigenvalue weighted by molar-refractivity contribution is 5.77. The number of amides is 1. The van der Waals surface area contributed by atoms with E-state index in [1.807, 2.05) is 27.1 Å². The average Bonchev–Trinajstić information content (AvgIpc) is 3.25. The van der Waals surface area contributed by atoms with E-state index in [9.17, 15) is 4.79 Å². The molecule has 1 spiro atoms. The summed E-state index contributed by atoms with van der Waals surface area (Å²) >= 11 is 0. The molecule has 0 unspecified atom stereocenters. The summed E-state index contributed by atoms with van der Waals surface area (Å²) in [6.07, 6.45) is 4.01. The number of carbonyl (C=O) groups is 1. The van der Waals surface area contributed by atoms with Crippen LogP contribution in [0.3, 0.4) is 0 Å². The Morgan fingerprint density at radius 1 is 1.20 bits per heavy atom. The molecule has 4 rings (SSSR count). The van der Waals surface area contributed by atoms with Gasteiger partial charge in [-0.25, -0.2) is 0 Å². The van der Waals surface area contributed by atoms with Crippen LogP contribution < -0.4 is 5.32 Å². The first-order valence-electron chi connectivity index (χ1n) is 11.2. The molecule has 1 aromatic carbocycles. The van der Waals surface area contributed by atoms with Crippen molar-refractivity contribution in [2.24, 2.45) is 0 Å². The lowest BCUT2D eigenvalue weighted by Crippen LogP contribution is -2.41. The van der Waals surface area contributed by atoms with Crippen LogP contribution >= 0.6 is 0 Å². The highest BCUT2D eigenvalue weighted by Crippen LogP contribution is 2.52. The van der Waals surface area contributed by atoms with Crippen molar-refractivity contribution in [3.8, 4) is 0 Å². The monoisotopic (exact) mass is 409 g/mol. The van der Waals surface area contributed by atoms with Crippen LogP contribution in [0.1, 0.15) is 54.2 Å². The highest BCUT2D eigenvalue weighted by Gasteiger charge is 2.45. The Kier molecular flexibility index (Phi) is 6.30. The van der Waals surface area contributed by atoms with E-state index in [1.54, 1.807) is 0 Å². The van der Waals surface area contributed by atoms with Crippen LogP contribution in [0.25, 0.3) is 0 Å². The number of nitrogens with one attached hydrogen (secondary N) is 1. The molecule has 0 saturated carbocycles. The molecule has 1 aliphatic heterocycles. The van der Waals surface area contributed by atoms with Crippen molar-refractivity contribution in [1.82, 2.24) is 15.1 Å². The first-order chi connectivity index (χ1) is 14.4. The van der Waals surface area contributed by atoms with E-state index in [0.29, 0.717) is 18.9 Å². The number of aryl methyl sites for hydroxylation is 1. The second-order valence-electron chi connectivity index (χ2n) is 9.41. The standard InChI is InChI=1S/C25H35N3O2/c1-19-8-9-21(30-19)18-28-13-10-25(11-14-28)17-20(22-6-4-5-7-23(22)25)16-24(29)26-12-15-27(2)3/h4-9,20H,10-18H2,1-3H3,(H,26,29)/t20-/m0/s1. The van der Waals surface area contributed by atoms with Gasteiger partial charge in [0.2, 0.25) is 5.91 Å². The lowest BCUT2D eigenvalue weighted by atomic mass is 9.73. The maximum Gasteiger partial charge on any atom is 0.220 e. The maximum absolute atomic E-state index is 12.6. The zero-order valence-corrected chi connectivity index (χ0v) is 18.6. The third kappa shape index (κ3) is 4.62. The SMILES string of the molecule is Cc1ccc(CN2CCC3(CC2)C[C@H](CC(=O)NCCN(C)C)c2ccccc23)o1. The number of benzene rings is 1. The molecule has 2 heterocycles. The summed E-state index contributed by atoms with van der Waals surface area (Å²) in [6.45, 7) is 6.64. The van der Waals surface area contributed by atoms with E-state index in [4.69, 9.17) is 4.42 Å². The van der Waals surface area contributed by atoms with Crippen molar-refractivity contribution in [3.05, 3.63) is 59.0 Å². The maximum atomic E-state index is 12.6. The number of likely N-dealkylation sites (N-methyl/N-ethyl adjacent to an activating group) is 1. The van der Waals surface area contributed by atoms with E-state index in [0.717, 1.165) is 57.0 Å². The van der Waals surface area contributed by atoms with Gasteiger partial charge < -0.3 is 14.6 Å². The molecule has 5 nitrogen and oxygen atoms in total. The van der Waals surface area contributed by atoms with Crippen LogP contribution in [-0.2, 0) is 16.8 Å². The van der Waals surface area contributed by atoms with Crippen LogP contribution in [0, 0.1) is 6.92 Å². The molecule has 2 aliphatic rings. The smallest absolute Gasteiger partial charge is 0.220 e. The molecule has 1 amide bonds. The second kappa shape index (κ2) is 8.94. The van der Waals surface area contributed by atoms with Gasteiger partial charge in [-0.05, 0) is 88.0 Å². The molecule has 0 radical (unpaired) electrons. The average molecular weight is 410 g/mol. The highest BCUT2D eigenvalue weighted by atomic mass is 16.3. The van der Waals surface area contributed by atoms with E-state index >= 15 is 0 Å². The number of piperidine rings is 1. The third-order valence-electron chi connectivity index (χ3n) is 6.91. The molecule has 1 fully saturated rings. The fraction of sp³-hybridized carbons (Fsp3) is 0.560. The minimum Gasteiger partial charge on any atom is -0.465 e. The van der Waals surface area contributed by atoms with Gasteiger partial charge in [-0.15, -0.1) is 0 Å². The molecular formula is C25H35N3O2. The van der Waals surface area contributed by atoms with E-state index < -0.39 is 0 Å². The molecule has 1 aliphatic carbocycles. The van der Waals surface area contributed by atoms with Gasteiger partial charge in [-0.3, -0.25) is 9.69 Å². The van der Waals surface area contributed by atoms with Gasteiger partial charge in [0.1, 0.15) is 11.5 Å². The summed E-state index contributed by atoms with van der Waals surface area (Å²) < 4.78 is 5.78. The van der Waals surface area contributed by atoms with Gasteiger partial charge in [0, 0.05) is 19.5 Å². The number of fused-ring (bicyclic) bond motifs is 2. The van der Waals surface area contributed by atoms with Crippen LogP contribution in [0.15, 0.2) is 40.8 Å². The van der Waals surface area contributed by atoms with Crippen LogP contribution in [-0.4, -0.2) is 56.0 Å². The zero-order valence-electron chi connectivity index (χ0n) is 18.6. The van der Waals surface area contributed by atoms with Crippen molar-refractivity contribution >= 4 is 5.91 Å². The lowest BCUT2D eigenvalue weighted by molar-refractivity contribution is -0.121. The normalized spacial score (nSPS) is 20.6. The molecule has 0 bridgehead atoms. The van der Waals surface area contributed by atoms with E-state index in [1.165, 1.54) is 11.1 Å². The predicted molar refractivity (Wildman–Crippen MR) is 120 cm³/mol. The predicted octanol–water partition coefficient (Wildman–Crippen LogP) is 3.68. The number of hydrogen-bond donors (Lipinski definition) is 1. The summed E-state index contributed by atoms with van der Waals surface area (Å²) in [5, 5.41) is 3.10. The molecule has 30 heavy (non-hydrogen) atoms. The second-order valence-corrected chi connectivity index (χ2v) is 9.41. The minimum absolute atomic E-state index is 0.180. The molecule has 2 aromatic rings. The number of furan rings is 1. The summed E-state index contributed by atoms with van der Waals surface area (Å²) in [7, 11) is 4.06. The number of hydrogen-bond acceptors (Lipinski definition) is 4. The first kappa shape index (κ1) is 21.1. The van der Waals surface area contributed by atoms with Gasteiger partial charge in [0.25, 0.3) is 0 Å². The van der Waals surface area contributed by atoms with Gasteiger partial charge in [-0.2, -0.15) is 0 Å². The van der Waals surface area contributed by atoms with Gasteiger partial charge in [0.05, 0.1) is 6.54 Å². The fourth-order valence-corrected chi connectivity index (χ4v) is 5.33. The van der Waals surface area contributed by atoms with Gasteiger partial charge in [0.15, 0.2) is 0 Å². The summed E-state index contributed by atoms with van der Waals surface area (Å²) in [5.41, 5.74) is 3.11. The molecule has 162 valence electrons. The van der Waals surface area contributed by atoms with E-state index in [2.05, 4.69) is 45.4 Å². The quantitative estimate of drug-likeness (QED) is 0.758. The van der Waals surface area contributed by atoms with Crippen LogP contribution in [0.5, 0.6) is 0 Å². The van der Waals surface area contributed by atoms with Crippen molar-refractivity contribution in [3.63, 3.8) is 0 Å². The molecule has 1 N–H and O–H groups in total. The van der Waals surface area contributed by atoms with Crippen molar-refractivity contribution in [2.75, 3.05) is 40.3 Å². The zero-order chi connectivity index (χ0) is 21.1. The molecule has 1 atom stereocenters. The number of rotatable bonds is 7. The number of nitrogens with zero attached hydrogens (tertiary/aromatic N) is 2. The Morgan fingerprint density at radius 3 is 2.67 bits per heavy atom. The van der Waals surface area contributed by atoms with Crippen LogP contribution in [0.4, 0.5) is 0 Å². The Hall–Kier alpha value is -2.11. The van der Waals surface area contributed by atoms with Crippen LogP contribution in [0.2, 0.25) is 0 Å². The first-order valence-corrected chi connectivity index (χ1v) is 11.2. The Balaban J connectivity index is 1.39. The molecule has 1 saturated heterocycles. The summed E-state index contributed by atoms with van der Waals surface area (Å²) in [5.74, 6) is 2.55.